The van der Waals surface area contributed by atoms with Crippen LogP contribution in [0, 0.1) is 0 Å². The number of halogens is 3. The smallest absolute Gasteiger partial charge is 0.274 e. The largest absolute Gasteiger partial charge is 0.470 e. The molecule has 0 bridgehead atoms. The van der Waals surface area contributed by atoms with Gasteiger partial charge < -0.3 is 9.64 Å². The molecule has 1 fully saturated rings. The molecule has 1 saturated heterocycles. The van der Waals surface area contributed by atoms with Gasteiger partial charge in [0.05, 0.1) is 5.02 Å². The van der Waals surface area contributed by atoms with E-state index in [2.05, 4.69) is 25.9 Å². The van der Waals surface area contributed by atoms with Crippen LogP contribution in [0.1, 0.15) is 16.1 Å². The van der Waals surface area contributed by atoms with E-state index in [1.807, 2.05) is 35.2 Å². The fourth-order valence-corrected chi connectivity index (χ4v) is 4.34. The van der Waals surface area contributed by atoms with Gasteiger partial charge in [-0.05, 0) is 35.9 Å². The molecule has 0 saturated carbocycles. The van der Waals surface area contributed by atoms with Crippen molar-refractivity contribution in [1.29, 1.82) is 0 Å². The Balaban J connectivity index is 1.29. The van der Waals surface area contributed by atoms with E-state index in [9.17, 15) is 4.79 Å². The van der Waals surface area contributed by atoms with E-state index < -0.39 is 0 Å². The first-order chi connectivity index (χ1) is 15.0. The van der Waals surface area contributed by atoms with Gasteiger partial charge in [-0.3, -0.25) is 9.69 Å². The van der Waals surface area contributed by atoms with Gasteiger partial charge in [-0.25, -0.2) is 4.68 Å². The van der Waals surface area contributed by atoms with Crippen LogP contribution in [0.2, 0.25) is 10.0 Å². The Bertz CT molecular complexity index is 1070. The third-order valence-corrected chi connectivity index (χ3v) is 6.27. The number of amides is 1. The van der Waals surface area contributed by atoms with Gasteiger partial charge in [0, 0.05) is 48.4 Å². The fraction of sp³-hybridized carbons (Fsp3) is 0.273. The maximum absolute atomic E-state index is 12.8. The molecule has 9 heteroatoms. The second-order valence-electron chi connectivity index (χ2n) is 7.25. The Hall–Kier alpha value is -2.06. The highest BCUT2D eigenvalue weighted by Gasteiger charge is 2.24. The van der Waals surface area contributed by atoms with Crippen molar-refractivity contribution in [3.8, 4) is 5.75 Å². The monoisotopic (exact) mass is 522 g/mol. The summed E-state index contributed by atoms with van der Waals surface area (Å²) in [6.45, 7) is 3.85. The molecule has 2 heterocycles. The minimum absolute atomic E-state index is 0.0715. The van der Waals surface area contributed by atoms with E-state index in [4.69, 9.17) is 27.9 Å². The van der Waals surface area contributed by atoms with Crippen LogP contribution >= 0.6 is 39.1 Å². The first-order valence-corrected chi connectivity index (χ1v) is 11.4. The van der Waals surface area contributed by atoms with Crippen LogP contribution in [0.3, 0.4) is 0 Å². The lowest BCUT2D eigenvalue weighted by Crippen LogP contribution is -2.48. The number of nitrogens with zero attached hydrogens (tertiary/aromatic N) is 4. The number of hydrogen-bond donors (Lipinski definition) is 0. The zero-order chi connectivity index (χ0) is 21.8. The van der Waals surface area contributed by atoms with Crippen molar-refractivity contribution in [1.82, 2.24) is 19.6 Å². The van der Waals surface area contributed by atoms with Crippen LogP contribution in [0.4, 0.5) is 0 Å². The van der Waals surface area contributed by atoms with E-state index in [1.165, 1.54) is 0 Å². The van der Waals surface area contributed by atoms with Crippen LogP contribution in [0.25, 0.3) is 0 Å². The van der Waals surface area contributed by atoms with Gasteiger partial charge in [0.15, 0.2) is 12.4 Å². The number of ether oxygens (including phenoxy) is 1. The summed E-state index contributed by atoms with van der Waals surface area (Å²) in [7, 11) is 0. The molecule has 1 aliphatic rings. The number of aromatic nitrogens is 2. The Morgan fingerprint density at radius 1 is 1.03 bits per heavy atom. The summed E-state index contributed by atoms with van der Waals surface area (Å²) in [5.41, 5.74) is 1.51. The topological polar surface area (TPSA) is 50.6 Å². The van der Waals surface area contributed by atoms with Crippen molar-refractivity contribution in [2.75, 3.05) is 26.2 Å². The van der Waals surface area contributed by atoms with Gasteiger partial charge in [-0.2, -0.15) is 5.10 Å². The predicted molar refractivity (Wildman–Crippen MR) is 125 cm³/mol. The van der Waals surface area contributed by atoms with E-state index >= 15 is 0 Å². The molecule has 0 radical (unpaired) electrons. The minimum atomic E-state index is -0.0715. The molecular formula is C22H21BrCl2N4O2. The molecule has 0 aliphatic carbocycles. The van der Waals surface area contributed by atoms with E-state index in [0.717, 1.165) is 34.7 Å². The molecule has 0 N–H and O–H groups in total. The zero-order valence-corrected chi connectivity index (χ0v) is 19.8. The molecule has 0 atom stereocenters. The third kappa shape index (κ3) is 5.60. The standard InChI is InChI=1S/C22H21BrCl2N4O2/c23-17-5-6-21(19(25)13-17)31-15-29-8-7-20(26-29)22(30)28-11-9-27(10-12-28)14-16-3-1-2-4-18(16)24/h1-8,13H,9-12,14-15H2. The van der Waals surface area contributed by atoms with Crippen molar-refractivity contribution < 1.29 is 9.53 Å². The van der Waals surface area contributed by atoms with Crippen molar-refractivity contribution in [2.45, 2.75) is 13.3 Å². The molecule has 6 nitrogen and oxygen atoms in total. The van der Waals surface area contributed by atoms with Gasteiger partial charge in [0.2, 0.25) is 0 Å². The van der Waals surface area contributed by atoms with Gasteiger partial charge in [-0.1, -0.05) is 57.3 Å². The Morgan fingerprint density at radius 2 is 1.81 bits per heavy atom. The molecule has 2 aromatic carbocycles. The van der Waals surface area contributed by atoms with Gasteiger partial charge in [0.1, 0.15) is 5.75 Å². The maximum atomic E-state index is 12.8. The van der Waals surface area contributed by atoms with Crippen molar-refractivity contribution in [3.05, 3.63) is 80.5 Å². The number of carbonyl (C=O) groups is 1. The molecule has 1 amide bonds. The molecule has 162 valence electrons. The highest BCUT2D eigenvalue weighted by molar-refractivity contribution is 9.10. The van der Waals surface area contributed by atoms with E-state index in [-0.39, 0.29) is 12.6 Å². The normalized spacial score (nSPS) is 14.6. The Labute approximate surface area is 199 Å². The first kappa shape index (κ1) is 22.1. The maximum Gasteiger partial charge on any atom is 0.274 e. The molecule has 1 aliphatic heterocycles. The zero-order valence-electron chi connectivity index (χ0n) is 16.7. The molecule has 31 heavy (non-hydrogen) atoms. The van der Waals surface area contributed by atoms with Crippen LogP contribution < -0.4 is 4.74 Å². The van der Waals surface area contributed by atoms with E-state index in [0.29, 0.717) is 29.6 Å². The lowest BCUT2D eigenvalue weighted by atomic mass is 10.2. The van der Waals surface area contributed by atoms with Crippen molar-refractivity contribution in [2.24, 2.45) is 0 Å². The highest BCUT2D eigenvalue weighted by Crippen LogP contribution is 2.28. The molecule has 0 unspecified atom stereocenters. The van der Waals surface area contributed by atoms with Crippen LogP contribution in [-0.2, 0) is 13.3 Å². The Kier molecular flexibility index (Phi) is 7.17. The second kappa shape index (κ2) is 10.0. The third-order valence-electron chi connectivity index (χ3n) is 5.12. The molecule has 3 aromatic rings. The summed E-state index contributed by atoms with van der Waals surface area (Å²) >= 11 is 15.8. The van der Waals surface area contributed by atoms with Crippen LogP contribution in [0.5, 0.6) is 5.75 Å². The SMILES string of the molecule is O=C(c1ccn(COc2ccc(Br)cc2Cl)n1)N1CCN(Cc2ccccc2Cl)CC1. The van der Waals surface area contributed by atoms with Gasteiger partial charge in [-0.15, -0.1) is 0 Å². The summed E-state index contributed by atoms with van der Waals surface area (Å²) in [6.07, 6.45) is 1.73. The average molecular weight is 524 g/mol. The number of hydrogen-bond acceptors (Lipinski definition) is 4. The van der Waals surface area contributed by atoms with Gasteiger partial charge >= 0.3 is 0 Å². The van der Waals surface area contributed by atoms with Gasteiger partial charge in [0.25, 0.3) is 5.91 Å². The number of benzene rings is 2. The summed E-state index contributed by atoms with van der Waals surface area (Å²) < 4.78 is 8.16. The second-order valence-corrected chi connectivity index (χ2v) is 8.98. The number of rotatable bonds is 6. The fourth-order valence-electron chi connectivity index (χ4n) is 3.41. The lowest BCUT2D eigenvalue weighted by molar-refractivity contribution is 0.0621. The Morgan fingerprint density at radius 3 is 2.55 bits per heavy atom. The molecule has 0 spiro atoms. The summed E-state index contributed by atoms with van der Waals surface area (Å²) in [5.74, 6) is 0.487. The molecule has 4 rings (SSSR count). The summed E-state index contributed by atoms with van der Waals surface area (Å²) in [4.78, 5) is 17.0. The summed E-state index contributed by atoms with van der Waals surface area (Å²) in [6, 6.07) is 15.0. The van der Waals surface area contributed by atoms with Crippen molar-refractivity contribution in [3.63, 3.8) is 0 Å². The first-order valence-electron chi connectivity index (χ1n) is 9.86. The average Bonchev–Trinajstić information content (AvgIpc) is 3.24. The minimum Gasteiger partial charge on any atom is -0.470 e. The van der Waals surface area contributed by atoms with E-state index in [1.54, 1.807) is 29.1 Å². The molecule has 1 aromatic heterocycles. The lowest BCUT2D eigenvalue weighted by Gasteiger charge is -2.34. The number of piperazine rings is 1. The summed E-state index contributed by atoms with van der Waals surface area (Å²) in [5, 5.41) is 5.65. The quantitative estimate of drug-likeness (QED) is 0.459. The van der Waals surface area contributed by atoms with Crippen LogP contribution in [-0.4, -0.2) is 51.7 Å². The van der Waals surface area contributed by atoms with Crippen LogP contribution in [0.15, 0.2) is 59.2 Å². The van der Waals surface area contributed by atoms with Crippen molar-refractivity contribution >= 4 is 45.0 Å². The molecular weight excluding hydrogens is 503 g/mol. The predicted octanol–water partition coefficient (Wildman–Crippen LogP) is 4.95. The highest BCUT2D eigenvalue weighted by atomic mass is 79.9. The number of carbonyl (C=O) groups excluding carboxylic acids is 1.